The zero-order valence-electron chi connectivity index (χ0n) is 9.79. The van der Waals surface area contributed by atoms with Gasteiger partial charge in [-0.25, -0.2) is 0 Å². The van der Waals surface area contributed by atoms with Crippen LogP contribution in [0.1, 0.15) is 38.5 Å². The molecule has 0 heterocycles. The van der Waals surface area contributed by atoms with Crippen LogP contribution >= 0.6 is 7.60 Å². The predicted molar refractivity (Wildman–Crippen MR) is 62.3 cm³/mol. The molecule has 6 nitrogen and oxygen atoms in total. The second kappa shape index (κ2) is 5.96. The van der Waals surface area contributed by atoms with Crippen LogP contribution < -0.4 is 0 Å². The van der Waals surface area contributed by atoms with E-state index in [1.54, 1.807) is 0 Å². The van der Waals surface area contributed by atoms with E-state index in [-0.39, 0.29) is 19.1 Å². The molecule has 100 valence electrons. The van der Waals surface area contributed by atoms with E-state index in [0.717, 1.165) is 19.3 Å². The third-order valence-electron chi connectivity index (χ3n) is 3.16. The van der Waals surface area contributed by atoms with Crippen molar-refractivity contribution < 1.29 is 24.3 Å². The quantitative estimate of drug-likeness (QED) is 0.372. The van der Waals surface area contributed by atoms with Crippen molar-refractivity contribution in [3.05, 3.63) is 0 Å². The molecule has 1 saturated carbocycles. The van der Waals surface area contributed by atoms with E-state index in [4.69, 9.17) is 9.79 Å². The first-order chi connectivity index (χ1) is 7.87. The molecule has 7 heteroatoms. The van der Waals surface area contributed by atoms with E-state index in [9.17, 15) is 14.5 Å². The molecule has 0 aromatic carbocycles. The molecule has 1 aliphatic carbocycles. The molecule has 1 rings (SSSR count). The number of carbonyl (C=O) groups excluding carboxylic acids is 1. The van der Waals surface area contributed by atoms with Crippen LogP contribution in [0.25, 0.3) is 0 Å². The first-order valence-corrected chi connectivity index (χ1v) is 7.66. The number of amides is 1. The van der Waals surface area contributed by atoms with Crippen LogP contribution in [0.2, 0.25) is 0 Å². The molecule has 3 N–H and O–H groups in total. The molecule has 0 aromatic heterocycles. The predicted octanol–water partition coefficient (Wildman–Crippen LogP) is 0.665. The smallest absolute Gasteiger partial charge is 0.325 e. The van der Waals surface area contributed by atoms with Crippen molar-refractivity contribution in [3.8, 4) is 0 Å². The number of carbonyl (C=O) groups is 1. The van der Waals surface area contributed by atoms with Gasteiger partial charge in [0, 0.05) is 6.54 Å². The average molecular weight is 265 g/mol. The normalized spacial score (nSPS) is 19.9. The highest BCUT2D eigenvalue weighted by Gasteiger charge is 2.34. The largest absolute Gasteiger partial charge is 0.371 e. The van der Waals surface area contributed by atoms with E-state index < -0.39 is 13.3 Å². The summed E-state index contributed by atoms with van der Waals surface area (Å²) in [4.78, 5) is 29.7. The molecule has 0 radical (unpaired) electrons. The Morgan fingerprint density at radius 2 is 1.82 bits per heavy atom. The number of rotatable bonds is 6. The highest BCUT2D eigenvalue weighted by atomic mass is 31.2. The van der Waals surface area contributed by atoms with Gasteiger partial charge in [-0.2, -0.15) is 0 Å². The van der Waals surface area contributed by atoms with Gasteiger partial charge in [-0.3, -0.25) is 9.36 Å². The van der Waals surface area contributed by atoms with Gasteiger partial charge in [0.05, 0.1) is 6.16 Å². The molecule has 1 aliphatic rings. The van der Waals surface area contributed by atoms with Gasteiger partial charge in [0.15, 0.2) is 0 Å². The number of aliphatic hydroxyl groups is 1. The van der Waals surface area contributed by atoms with E-state index >= 15 is 0 Å². The van der Waals surface area contributed by atoms with Gasteiger partial charge in [-0.05, 0) is 32.1 Å². The summed E-state index contributed by atoms with van der Waals surface area (Å²) in [6, 6.07) is 0. The molecule has 1 fully saturated rings. The number of nitrogens with zero attached hydrogens (tertiary/aromatic N) is 1. The first kappa shape index (κ1) is 14.6. The van der Waals surface area contributed by atoms with Gasteiger partial charge in [0.2, 0.25) is 6.41 Å². The van der Waals surface area contributed by atoms with Crippen molar-refractivity contribution in [2.24, 2.45) is 0 Å². The zero-order chi connectivity index (χ0) is 12.9. The van der Waals surface area contributed by atoms with Gasteiger partial charge >= 0.3 is 7.60 Å². The first-order valence-electron chi connectivity index (χ1n) is 5.86. The lowest BCUT2D eigenvalue weighted by atomic mass is 9.90. The Bertz CT molecular complexity index is 297. The molecule has 0 atom stereocenters. The summed E-state index contributed by atoms with van der Waals surface area (Å²) in [7, 11) is -4.02. The topological polar surface area (TPSA) is 98.1 Å². The second-order valence-electron chi connectivity index (χ2n) is 4.58. The number of hydrogen-bond acceptors (Lipinski definition) is 3. The average Bonchev–Trinajstić information content (AvgIpc) is 2.23. The second-order valence-corrected chi connectivity index (χ2v) is 6.36. The molecule has 0 spiro atoms. The Labute approximate surface area is 101 Å². The summed E-state index contributed by atoms with van der Waals surface area (Å²) in [5, 5.41) is 10.3. The van der Waals surface area contributed by atoms with Gasteiger partial charge < -0.3 is 19.8 Å². The fourth-order valence-electron chi connectivity index (χ4n) is 2.21. The monoisotopic (exact) mass is 265 g/mol. The van der Waals surface area contributed by atoms with Gasteiger partial charge in [-0.15, -0.1) is 0 Å². The molecule has 17 heavy (non-hydrogen) atoms. The summed E-state index contributed by atoms with van der Waals surface area (Å²) in [6.45, 7) is 0.186. The Morgan fingerprint density at radius 3 is 2.29 bits per heavy atom. The standard InChI is InChI=1S/C10H20NO5P/c12-9-11(7-4-8-17(14,15)16)10(13)5-2-1-3-6-10/h9,13H,1-8H2,(H2,14,15,16). The lowest BCUT2D eigenvalue weighted by molar-refractivity contribution is -0.154. The molecule has 0 bridgehead atoms. The number of hydrogen-bond donors (Lipinski definition) is 3. The van der Waals surface area contributed by atoms with Crippen molar-refractivity contribution in [3.63, 3.8) is 0 Å². The van der Waals surface area contributed by atoms with Crippen molar-refractivity contribution in [1.29, 1.82) is 0 Å². The summed E-state index contributed by atoms with van der Waals surface area (Å²) in [5.41, 5.74) is -1.12. The Hall–Kier alpha value is -0.420. The van der Waals surface area contributed by atoms with Crippen molar-refractivity contribution in [2.75, 3.05) is 12.7 Å². The van der Waals surface area contributed by atoms with E-state index in [1.165, 1.54) is 4.90 Å². The van der Waals surface area contributed by atoms with E-state index in [1.807, 2.05) is 0 Å². The minimum atomic E-state index is -4.02. The van der Waals surface area contributed by atoms with Crippen LogP contribution in [0.15, 0.2) is 0 Å². The van der Waals surface area contributed by atoms with Crippen molar-refractivity contribution >= 4 is 14.0 Å². The lowest BCUT2D eigenvalue weighted by Crippen LogP contribution is -2.49. The minimum Gasteiger partial charge on any atom is -0.371 e. The Kier molecular flexibility index (Phi) is 5.13. The van der Waals surface area contributed by atoms with Gasteiger partial charge in [-0.1, -0.05) is 6.42 Å². The lowest BCUT2D eigenvalue weighted by Gasteiger charge is -2.40. The van der Waals surface area contributed by atoms with Crippen LogP contribution in [0.3, 0.4) is 0 Å². The molecular weight excluding hydrogens is 245 g/mol. The van der Waals surface area contributed by atoms with E-state index in [2.05, 4.69) is 0 Å². The van der Waals surface area contributed by atoms with Crippen LogP contribution in [0, 0.1) is 0 Å². The molecule has 0 aliphatic heterocycles. The summed E-state index contributed by atoms with van der Waals surface area (Å²) >= 11 is 0. The summed E-state index contributed by atoms with van der Waals surface area (Å²) in [5.74, 6) is 0. The molecule has 1 amide bonds. The SMILES string of the molecule is O=CN(CCCP(=O)(O)O)C1(O)CCCCC1. The summed E-state index contributed by atoms with van der Waals surface area (Å²) < 4.78 is 10.7. The van der Waals surface area contributed by atoms with Crippen LogP contribution in [-0.2, 0) is 9.36 Å². The summed E-state index contributed by atoms with van der Waals surface area (Å²) in [6.07, 6.45) is 4.41. The zero-order valence-corrected chi connectivity index (χ0v) is 10.7. The maximum Gasteiger partial charge on any atom is 0.325 e. The third kappa shape index (κ3) is 4.76. The maximum atomic E-state index is 10.9. The van der Waals surface area contributed by atoms with Gasteiger partial charge in [0.1, 0.15) is 5.72 Å². The molecular formula is C10H20NO5P. The molecule has 0 unspecified atom stereocenters. The minimum absolute atomic E-state index is 0.186. The van der Waals surface area contributed by atoms with Crippen LogP contribution in [0.5, 0.6) is 0 Å². The maximum absolute atomic E-state index is 10.9. The fourth-order valence-corrected chi connectivity index (χ4v) is 2.76. The Morgan fingerprint density at radius 1 is 1.24 bits per heavy atom. The highest BCUT2D eigenvalue weighted by Crippen LogP contribution is 2.36. The highest BCUT2D eigenvalue weighted by molar-refractivity contribution is 7.51. The van der Waals surface area contributed by atoms with Crippen molar-refractivity contribution in [2.45, 2.75) is 44.2 Å². The van der Waals surface area contributed by atoms with Gasteiger partial charge in [0.25, 0.3) is 0 Å². The molecule has 0 saturated heterocycles. The fraction of sp³-hybridized carbons (Fsp3) is 0.900. The Balaban J connectivity index is 2.47. The van der Waals surface area contributed by atoms with Crippen LogP contribution in [0.4, 0.5) is 0 Å². The van der Waals surface area contributed by atoms with E-state index in [0.29, 0.717) is 19.3 Å². The van der Waals surface area contributed by atoms with Crippen LogP contribution in [-0.4, -0.2) is 44.6 Å². The third-order valence-corrected chi connectivity index (χ3v) is 4.06. The van der Waals surface area contributed by atoms with Crippen molar-refractivity contribution in [1.82, 2.24) is 4.90 Å². The molecule has 0 aromatic rings.